The standard InChI is InChI=1S/C15H15NO2S/c1-11-4-3-5-12(8-11)10-19-14-9-13(6-7-16-14)15(17)18-2/h3-9H,10H2,1-2H3. The van der Waals surface area contributed by atoms with E-state index in [-0.39, 0.29) is 5.97 Å². The van der Waals surface area contributed by atoms with E-state index in [9.17, 15) is 4.79 Å². The molecule has 2 aromatic rings. The molecule has 0 amide bonds. The number of hydrogen-bond donors (Lipinski definition) is 0. The van der Waals surface area contributed by atoms with Crippen molar-refractivity contribution in [3.63, 3.8) is 0 Å². The van der Waals surface area contributed by atoms with E-state index in [1.165, 1.54) is 18.2 Å². The highest BCUT2D eigenvalue weighted by Gasteiger charge is 2.06. The normalized spacial score (nSPS) is 10.2. The molecule has 1 aromatic carbocycles. The highest BCUT2D eigenvalue weighted by atomic mass is 32.2. The lowest BCUT2D eigenvalue weighted by atomic mass is 10.2. The third-order valence-corrected chi connectivity index (χ3v) is 3.62. The number of aromatic nitrogens is 1. The maximum atomic E-state index is 11.4. The molecule has 0 aliphatic heterocycles. The van der Waals surface area contributed by atoms with Crippen molar-refractivity contribution in [3.05, 3.63) is 59.3 Å². The van der Waals surface area contributed by atoms with Gasteiger partial charge in [-0.1, -0.05) is 29.8 Å². The molecule has 3 nitrogen and oxygen atoms in total. The second-order valence-electron chi connectivity index (χ2n) is 4.15. The molecule has 0 spiro atoms. The highest BCUT2D eigenvalue weighted by molar-refractivity contribution is 7.98. The zero-order valence-corrected chi connectivity index (χ0v) is 11.7. The molecule has 4 heteroatoms. The van der Waals surface area contributed by atoms with Gasteiger partial charge in [0, 0.05) is 11.9 Å². The molecular formula is C15H15NO2S. The molecule has 2 rings (SSSR count). The number of thioether (sulfide) groups is 1. The second-order valence-corrected chi connectivity index (χ2v) is 5.15. The predicted octanol–water partition coefficient (Wildman–Crippen LogP) is 3.47. The van der Waals surface area contributed by atoms with E-state index in [4.69, 9.17) is 4.74 Å². The third kappa shape index (κ3) is 3.83. The summed E-state index contributed by atoms with van der Waals surface area (Å²) < 4.78 is 4.69. The SMILES string of the molecule is COC(=O)c1ccnc(SCc2cccc(C)c2)c1. The minimum atomic E-state index is -0.334. The zero-order chi connectivity index (χ0) is 13.7. The molecule has 98 valence electrons. The highest BCUT2D eigenvalue weighted by Crippen LogP contribution is 2.22. The lowest BCUT2D eigenvalue weighted by Crippen LogP contribution is -2.01. The first-order valence-corrected chi connectivity index (χ1v) is 6.90. The summed E-state index contributed by atoms with van der Waals surface area (Å²) in [5.74, 6) is 0.499. The molecule has 0 saturated heterocycles. The summed E-state index contributed by atoms with van der Waals surface area (Å²) in [6.45, 7) is 2.07. The van der Waals surface area contributed by atoms with Crippen LogP contribution in [0.2, 0.25) is 0 Å². The average Bonchev–Trinajstić information content (AvgIpc) is 2.45. The van der Waals surface area contributed by atoms with Gasteiger partial charge in [-0.25, -0.2) is 9.78 Å². The quantitative estimate of drug-likeness (QED) is 0.631. The fraction of sp³-hybridized carbons (Fsp3) is 0.200. The number of ether oxygens (including phenoxy) is 1. The second kappa shape index (κ2) is 6.38. The van der Waals surface area contributed by atoms with E-state index in [0.717, 1.165) is 10.8 Å². The summed E-state index contributed by atoms with van der Waals surface area (Å²) in [7, 11) is 1.38. The van der Waals surface area contributed by atoms with Gasteiger partial charge in [0.1, 0.15) is 0 Å². The van der Waals surface area contributed by atoms with E-state index in [2.05, 4.69) is 30.1 Å². The molecule has 0 N–H and O–H groups in total. The summed E-state index contributed by atoms with van der Waals surface area (Å²) in [4.78, 5) is 15.7. The van der Waals surface area contributed by atoms with Crippen LogP contribution in [0.3, 0.4) is 0 Å². The Morgan fingerprint density at radius 1 is 1.32 bits per heavy atom. The Kier molecular flexibility index (Phi) is 4.58. The average molecular weight is 273 g/mol. The first kappa shape index (κ1) is 13.6. The lowest BCUT2D eigenvalue weighted by Gasteiger charge is -2.04. The molecule has 0 bridgehead atoms. The Morgan fingerprint density at radius 2 is 2.16 bits per heavy atom. The number of carbonyl (C=O) groups is 1. The molecule has 0 aliphatic carbocycles. The molecule has 0 fully saturated rings. The zero-order valence-electron chi connectivity index (χ0n) is 10.9. The van der Waals surface area contributed by atoms with Gasteiger partial charge in [-0.2, -0.15) is 0 Å². The first-order chi connectivity index (χ1) is 9.19. The molecule has 0 radical (unpaired) electrons. The topological polar surface area (TPSA) is 39.2 Å². The van der Waals surface area contributed by atoms with Gasteiger partial charge in [0.05, 0.1) is 17.7 Å². The van der Waals surface area contributed by atoms with Crippen LogP contribution in [0.25, 0.3) is 0 Å². The van der Waals surface area contributed by atoms with Crippen molar-refractivity contribution in [3.8, 4) is 0 Å². The Bertz CT molecular complexity index is 584. The van der Waals surface area contributed by atoms with Crippen molar-refractivity contribution in [2.24, 2.45) is 0 Å². The first-order valence-electron chi connectivity index (χ1n) is 5.92. The number of rotatable bonds is 4. The number of aryl methyl sites for hydroxylation is 1. The molecule has 1 heterocycles. The number of methoxy groups -OCH3 is 1. The van der Waals surface area contributed by atoms with Crippen molar-refractivity contribution in [1.29, 1.82) is 0 Å². The minimum Gasteiger partial charge on any atom is -0.465 e. The molecule has 19 heavy (non-hydrogen) atoms. The van der Waals surface area contributed by atoms with Crippen LogP contribution in [-0.2, 0) is 10.5 Å². The fourth-order valence-corrected chi connectivity index (χ4v) is 2.53. The van der Waals surface area contributed by atoms with E-state index >= 15 is 0 Å². The maximum absolute atomic E-state index is 11.4. The number of carbonyl (C=O) groups excluding carboxylic acids is 1. The van der Waals surface area contributed by atoms with Crippen LogP contribution in [0.15, 0.2) is 47.6 Å². The summed E-state index contributed by atoms with van der Waals surface area (Å²) in [5.41, 5.74) is 3.02. The van der Waals surface area contributed by atoms with Gasteiger partial charge < -0.3 is 4.74 Å². The van der Waals surface area contributed by atoms with Crippen molar-refractivity contribution < 1.29 is 9.53 Å². The minimum absolute atomic E-state index is 0.334. The molecular weight excluding hydrogens is 258 g/mol. The smallest absolute Gasteiger partial charge is 0.337 e. The number of nitrogens with zero attached hydrogens (tertiary/aromatic N) is 1. The van der Waals surface area contributed by atoms with Gasteiger partial charge in [-0.15, -0.1) is 11.8 Å². The number of benzene rings is 1. The summed E-state index contributed by atoms with van der Waals surface area (Å²) >= 11 is 1.61. The van der Waals surface area contributed by atoms with Crippen molar-refractivity contribution >= 4 is 17.7 Å². The van der Waals surface area contributed by atoms with Gasteiger partial charge >= 0.3 is 5.97 Å². The van der Waals surface area contributed by atoms with Gasteiger partial charge in [0.2, 0.25) is 0 Å². The lowest BCUT2D eigenvalue weighted by molar-refractivity contribution is 0.0600. The Balaban J connectivity index is 2.05. The Hall–Kier alpha value is -1.81. The molecule has 0 atom stereocenters. The Morgan fingerprint density at radius 3 is 2.89 bits per heavy atom. The predicted molar refractivity (Wildman–Crippen MR) is 76.3 cm³/mol. The molecule has 0 aliphatic rings. The molecule has 0 saturated carbocycles. The number of hydrogen-bond acceptors (Lipinski definition) is 4. The fourth-order valence-electron chi connectivity index (χ4n) is 1.69. The van der Waals surface area contributed by atoms with E-state index < -0.39 is 0 Å². The molecule has 1 aromatic heterocycles. The summed E-state index contributed by atoms with van der Waals surface area (Å²) in [5, 5.41) is 0.824. The number of esters is 1. The van der Waals surface area contributed by atoms with Crippen LogP contribution in [0.5, 0.6) is 0 Å². The van der Waals surface area contributed by atoms with E-state index in [1.807, 2.05) is 6.07 Å². The van der Waals surface area contributed by atoms with Crippen molar-refractivity contribution in [1.82, 2.24) is 4.98 Å². The van der Waals surface area contributed by atoms with Crippen LogP contribution >= 0.6 is 11.8 Å². The maximum Gasteiger partial charge on any atom is 0.337 e. The summed E-state index contributed by atoms with van der Waals surface area (Å²) in [6.07, 6.45) is 1.63. The van der Waals surface area contributed by atoms with Gasteiger partial charge in [0.25, 0.3) is 0 Å². The van der Waals surface area contributed by atoms with Crippen LogP contribution < -0.4 is 0 Å². The van der Waals surface area contributed by atoms with Crippen LogP contribution in [0.1, 0.15) is 21.5 Å². The van der Waals surface area contributed by atoms with Gasteiger partial charge in [-0.3, -0.25) is 0 Å². The van der Waals surface area contributed by atoms with Crippen molar-refractivity contribution in [2.45, 2.75) is 17.7 Å². The van der Waals surface area contributed by atoms with Crippen LogP contribution in [0.4, 0.5) is 0 Å². The van der Waals surface area contributed by atoms with Gasteiger partial charge in [0.15, 0.2) is 0 Å². The third-order valence-electron chi connectivity index (χ3n) is 2.63. The van der Waals surface area contributed by atoms with Crippen LogP contribution in [-0.4, -0.2) is 18.1 Å². The Labute approximate surface area is 117 Å². The largest absolute Gasteiger partial charge is 0.465 e. The monoisotopic (exact) mass is 273 g/mol. The van der Waals surface area contributed by atoms with E-state index in [0.29, 0.717) is 5.56 Å². The number of pyridine rings is 1. The molecule has 0 unspecified atom stereocenters. The van der Waals surface area contributed by atoms with Crippen molar-refractivity contribution in [2.75, 3.05) is 7.11 Å². The van der Waals surface area contributed by atoms with Gasteiger partial charge in [-0.05, 0) is 24.6 Å². The van der Waals surface area contributed by atoms with E-state index in [1.54, 1.807) is 30.1 Å². The van der Waals surface area contributed by atoms with Crippen LogP contribution in [0, 0.1) is 6.92 Å². The summed E-state index contributed by atoms with van der Waals surface area (Å²) in [6, 6.07) is 11.8.